The molecule has 1 aromatic rings. The lowest BCUT2D eigenvalue weighted by molar-refractivity contribution is -0.184. The van der Waals surface area contributed by atoms with Gasteiger partial charge in [-0.3, -0.25) is 4.79 Å². The maximum atomic E-state index is 13.1. The molecule has 7 heteroatoms. The van der Waals surface area contributed by atoms with Crippen LogP contribution in [0.15, 0.2) is 24.3 Å². The Kier molecular flexibility index (Phi) is 5.08. The minimum Gasteiger partial charge on any atom is -0.380 e. The fourth-order valence-corrected chi connectivity index (χ4v) is 2.64. The van der Waals surface area contributed by atoms with Gasteiger partial charge in [0.1, 0.15) is 6.04 Å². The summed E-state index contributed by atoms with van der Waals surface area (Å²) in [6.45, 7) is 0.303. The smallest absolute Gasteiger partial charge is 0.380 e. The molecule has 2 rings (SSSR count). The third kappa shape index (κ3) is 3.78. The summed E-state index contributed by atoms with van der Waals surface area (Å²) in [6.07, 6.45) is -4.33. The van der Waals surface area contributed by atoms with E-state index in [1.807, 2.05) is 0 Å². The van der Waals surface area contributed by atoms with Gasteiger partial charge in [-0.2, -0.15) is 13.2 Å². The van der Waals surface area contributed by atoms with Gasteiger partial charge >= 0.3 is 6.18 Å². The van der Waals surface area contributed by atoms with Gasteiger partial charge in [0.15, 0.2) is 0 Å². The molecule has 0 spiro atoms. The highest BCUT2D eigenvalue weighted by Gasteiger charge is 2.47. The number of carbonyl (C=O) groups is 1. The largest absolute Gasteiger partial charge is 0.408 e. The lowest BCUT2D eigenvalue weighted by Crippen LogP contribution is -2.56. The first kappa shape index (κ1) is 16.8. The standard InChI is InChI=1S/C15H19F3N2O2/c1-22-9-10-2-4-11(5-3-10)14(21)20-8-12(19)6-7-13(20)15(16,17)18/h2-5,12-13H,6-9,19H2,1H3/t12-,13+/m0/s1. The summed E-state index contributed by atoms with van der Waals surface area (Å²) < 4.78 is 44.3. The number of benzene rings is 1. The minimum atomic E-state index is -4.44. The van der Waals surface area contributed by atoms with Crippen molar-refractivity contribution in [3.8, 4) is 0 Å². The highest BCUT2D eigenvalue weighted by Crippen LogP contribution is 2.32. The number of hydrogen-bond acceptors (Lipinski definition) is 3. The molecule has 2 atom stereocenters. The molecule has 1 aromatic carbocycles. The predicted octanol–water partition coefficient (Wildman–Crippen LogP) is 2.33. The number of alkyl halides is 3. The Morgan fingerprint density at radius 3 is 2.50 bits per heavy atom. The van der Waals surface area contributed by atoms with Crippen LogP contribution in [0.1, 0.15) is 28.8 Å². The number of likely N-dealkylation sites (tertiary alicyclic amines) is 1. The maximum absolute atomic E-state index is 13.1. The highest BCUT2D eigenvalue weighted by atomic mass is 19.4. The van der Waals surface area contributed by atoms with E-state index < -0.39 is 24.2 Å². The molecule has 2 N–H and O–H groups in total. The van der Waals surface area contributed by atoms with Crippen LogP contribution in [0.2, 0.25) is 0 Å². The van der Waals surface area contributed by atoms with Crippen molar-refractivity contribution in [1.29, 1.82) is 0 Å². The Morgan fingerprint density at radius 1 is 1.32 bits per heavy atom. The van der Waals surface area contributed by atoms with Crippen molar-refractivity contribution in [3.63, 3.8) is 0 Å². The van der Waals surface area contributed by atoms with Crippen molar-refractivity contribution < 1.29 is 22.7 Å². The SMILES string of the molecule is COCc1ccc(C(=O)N2C[C@@H](N)CC[C@@H]2C(F)(F)F)cc1. The third-order valence-electron chi connectivity index (χ3n) is 3.77. The summed E-state index contributed by atoms with van der Waals surface area (Å²) >= 11 is 0. The van der Waals surface area contributed by atoms with Gasteiger partial charge in [0.05, 0.1) is 6.61 Å². The van der Waals surface area contributed by atoms with Gasteiger partial charge in [-0.15, -0.1) is 0 Å². The first-order chi connectivity index (χ1) is 10.3. The van der Waals surface area contributed by atoms with Gasteiger partial charge in [0.25, 0.3) is 5.91 Å². The van der Waals surface area contributed by atoms with E-state index in [0.29, 0.717) is 6.61 Å². The quantitative estimate of drug-likeness (QED) is 0.931. The summed E-state index contributed by atoms with van der Waals surface area (Å²) in [4.78, 5) is 13.3. The van der Waals surface area contributed by atoms with Crippen LogP contribution in [0.4, 0.5) is 13.2 Å². The molecule has 1 heterocycles. The molecule has 1 saturated heterocycles. The monoisotopic (exact) mass is 316 g/mol. The highest BCUT2D eigenvalue weighted by molar-refractivity contribution is 5.94. The Labute approximate surface area is 127 Å². The van der Waals surface area contributed by atoms with E-state index in [-0.39, 0.29) is 24.9 Å². The van der Waals surface area contributed by atoms with Crippen molar-refractivity contribution in [2.75, 3.05) is 13.7 Å². The minimum absolute atomic E-state index is 0.0805. The fourth-order valence-electron chi connectivity index (χ4n) is 2.64. The number of piperidine rings is 1. The van der Waals surface area contributed by atoms with Gasteiger partial charge in [-0.05, 0) is 30.5 Å². The van der Waals surface area contributed by atoms with Crippen LogP contribution in [0.5, 0.6) is 0 Å². The number of hydrogen-bond donors (Lipinski definition) is 1. The number of halogens is 3. The maximum Gasteiger partial charge on any atom is 0.408 e. The van der Waals surface area contributed by atoms with Crippen molar-refractivity contribution in [3.05, 3.63) is 35.4 Å². The molecular formula is C15H19F3N2O2. The third-order valence-corrected chi connectivity index (χ3v) is 3.77. The summed E-state index contributed by atoms with van der Waals surface area (Å²) in [5.74, 6) is -0.638. The molecule has 0 aliphatic carbocycles. The fraction of sp³-hybridized carbons (Fsp3) is 0.533. The molecule has 22 heavy (non-hydrogen) atoms. The van der Waals surface area contributed by atoms with E-state index >= 15 is 0 Å². The summed E-state index contributed by atoms with van der Waals surface area (Å²) in [5, 5.41) is 0. The van der Waals surface area contributed by atoms with Crippen molar-refractivity contribution in [2.45, 2.75) is 37.7 Å². The molecule has 0 aromatic heterocycles. The molecule has 1 aliphatic heterocycles. The van der Waals surface area contributed by atoms with Gasteiger partial charge < -0.3 is 15.4 Å². The van der Waals surface area contributed by atoms with Crippen LogP contribution >= 0.6 is 0 Å². The van der Waals surface area contributed by atoms with E-state index in [0.717, 1.165) is 10.5 Å². The van der Waals surface area contributed by atoms with Gasteiger partial charge in [0.2, 0.25) is 0 Å². The Balaban J connectivity index is 2.20. The Hall–Kier alpha value is -1.60. The average Bonchev–Trinajstić information content (AvgIpc) is 2.46. The van der Waals surface area contributed by atoms with E-state index in [2.05, 4.69) is 0 Å². The number of nitrogens with two attached hydrogens (primary N) is 1. The van der Waals surface area contributed by atoms with Crippen LogP contribution in [0.25, 0.3) is 0 Å². The molecule has 1 amide bonds. The first-order valence-electron chi connectivity index (χ1n) is 7.04. The van der Waals surface area contributed by atoms with E-state index in [1.165, 1.54) is 12.1 Å². The summed E-state index contributed by atoms with van der Waals surface area (Å²) in [7, 11) is 1.54. The average molecular weight is 316 g/mol. The summed E-state index contributed by atoms with van der Waals surface area (Å²) in [5.41, 5.74) is 6.81. The zero-order chi connectivity index (χ0) is 16.3. The van der Waals surface area contributed by atoms with E-state index in [9.17, 15) is 18.0 Å². The topological polar surface area (TPSA) is 55.6 Å². The van der Waals surface area contributed by atoms with Crippen LogP contribution in [-0.2, 0) is 11.3 Å². The first-order valence-corrected chi connectivity index (χ1v) is 7.04. The lowest BCUT2D eigenvalue weighted by Gasteiger charge is -2.39. The lowest BCUT2D eigenvalue weighted by atomic mass is 9.97. The second-order valence-corrected chi connectivity index (χ2v) is 5.48. The van der Waals surface area contributed by atoms with Crippen LogP contribution in [0, 0.1) is 0 Å². The molecule has 1 aliphatic rings. The molecule has 1 fully saturated rings. The van der Waals surface area contributed by atoms with Gasteiger partial charge in [-0.1, -0.05) is 12.1 Å². The molecular weight excluding hydrogens is 297 g/mol. The summed E-state index contributed by atoms with van der Waals surface area (Å²) in [6, 6.07) is 4.19. The van der Waals surface area contributed by atoms with Crippen molar-refractivity contribution >= 4 is 5.91 Å². The Morgan fingerprint density at radius 2 is 1.95 bits per heavy atom. The van der Waals surface area contributed by atoms with Gasteiger partial charge in [0, 0.05) is 25.3 Å². The number of amides is 1. The number of ether oxygens (including phenoxy) is 1. The molecule has 4 nitrogen and oxygen atoms in total. The van der Waals surface area contributed by atoms with Gasteiger partial charge in [-0.25, -0.2) is 0 Å². The number of nitrogens with zero attached hydrogens (tertiary/aromatic N) is 1. The van der Waals surface area contributed by atoms with E-state index in [4.69, 9.17) is 10.5 Å². The molecule has 122 valence electrons. The molecule has 0 saturated carbocycles. The van der Waals surface area contributed by atoms with Crippen LogP contribution in [0.3, 0.4) is 0 Å². The normalized spacial score (nSPS) is 22.7. The molecule has 0 unspecified atom stereocenters. The van der Waals surface area contributed by atoms with Crippen molar-refractivity contribution in [1.82, 2.24) is 4.90 Å². The molecule has 0 radical (unpaired) electrons. The zero-order valence-corrected chi connectivity index (χ0v) is 12.3. The predicted molar refractivity (Wildman–Crippen MR) is 75.2 cm³/mol. The second-order valence-electron chi connectivity index (χ2n) is 5.48. The number of methoxy groups -OCH3 is 1. The second kappa shape index (κ2) is 6.66. The molecule has 0 bridgehead atoms. The zero-order valence-electron chi connectivity index (χ0n) is 12.3. The van der Waals surface area contributed by atoms with Crippen LogP contribution < -0.4 is 5.73 Å². The van der Waals surface area contributed by atoms with Crippen molar-refractivity contribution in [2.24, 2.45) is 5.73 Å². The number of rotatable bonds is 3. The van der Waals surface area contributed by atoms with Crippen LogP contribution in [-0.4, -0.2) is 42.7 Å². The Bertz CT molecular complexity index is 517. The number of carbonyl (C=O) groups excluding carboxylic acids is 1. The van der Waals surface area contributed by atoms with E-state index in [1.54, 1.807) is 19.2 Å².